The number of benzene rings is 2. The van der Waals surface area contributed by atoms with Gasteiger partial charge in [0, 0.05) is 23.3 Å². The lowest BCUT2D eigenvalue weighted by Gasteiger charge is -2.24. The van der Waals surface area contributed by atoms with Crippen LogP contribution in [0.15, 0.2) is 74.0 Å². The molecule has 5 rings (SSSR count). The lowest BCUT2D eigenvalue weighted by molar-refractivity contribution is -0.385. The zero-order chi connectivity index (χ0) is 30.3. The first-order valence-electron chi connectivity index (χ1n) is 12.6. The number of aryl methyl sites for hydroxylation is 1. The van der Waals surface area contributed by atoms with Gasteiger partial charge < -0.3 is 14.3 Å². The van der Waals surface area contributed by atoms with Crippen molar-refractivity contribution in [3.8, 4) is 11.3 Å². The molecule has 0 radical (unpaired) electrons. The number of hydrogen-bond acceptors (Lipinski definition) is 9. The van der Waals surface area contributed by atoms with Crippen LogP contribution in [-0.4, -0.2) is 33.1 Å². The Morgan fingerprint density at radius 3 is 2.67 bits per heavy atom. The van der Waals surface area contributed by atoms with Gasteiger partial charge in [-0.15, -0.1) is 0 Å². The minimum Gasteiger partial charge on any atom is -0.478 e. The normalized spacial score (nSPS) is 14.9. The molecule has 13 heteroatoms. The number of esters is 1. The van der Waals surface area contributed by atoms with Crippen LogP contribution >= 0.6 is 22.9 Å². The molecule has 0 fully saturated rings. The standard InChI is InChI=1S/C29H22ClN3O8S/c1-4-40-28(37)24-15(3)31-29-32(25(24)17-6-5-14(2)21(12-17)33(38)39)26(34)23(42-29)13-18-8-10-22(41-18)16-7-9-20(30)19(11-16)27(35)36/h5-13,25H,4H2,1-3H3,(H,35,36)/b23-13+/t25-/m1/s1. The van der Waals surface area contributed by atoms with E-state index in [0.29, 0.717) is 38.7 Å². The van der Waals surface area contributed by atoms with Gasteiger partial charge in [0.1, 0.15) is 11.5 Å². The number of nitro groups is 1. The lowest BCUT2D eigenvalue weighted by atomic mass is 9.94. The zero-order valence-corrected chi connectivity index (χ0v) is 24.0. The van der Waals surface area contributed by atoms with Crippen molar-refractivity contribution in [3.63, 3.8) is 0 Å². The molecule has 3 heterocycles. The first-order valence-corrected chi connectivity index (χ1v) is 13.8. The highest BCUT2D eigenvalue weighted by molar-refractivity contribution is 7.07. The summed E-state index contributed by atoms with van der Waals surface area (Å²) in [6.45, 7) is 4.96. The molecule has 214 valence electrons. The summed E-state index contributed by atoms with van der Waals surface area (Å²) in [7, 11) is 0. The molecule has 2 aromatic heterocycles. The van der Waals surface area contributed by atoms with Gasteiger partial charge in [0.2, 0.25) is 0 Å². The maximum atomic E-state index is 13.8. The molecular formula is C29H22ClN3O8S. The van der Waals surface area contributed by atoms with Crippen molar-refractivity contribution in [1.82, 2.24) is 4.57 Å². The number of nitro benzene ring substituents is 1. The Balaban J connectivity index is 1.65. The van der Waals surface area contributed by atoms with E-state index >= 15 is 0 Å². The molecule has 0 aliphatic carbocycles. The van der Waals surface area contributed by atoms with Crippen LogP contribution in [0.25, 0.3) is 17.4 Å². The van der Waals surface area contributed by atoms with Crippen molar-refractivity contribution in [1.29, 1.82) is 0 Å². The van der Waals surface area contributed by atoms with Crippen LogP contribution in [0.1, 0.15) is 47.1 Å². The molecule has 0 amide bonds. The second kappa shape index (κ2) is 11.2. The smallest absolute Gasteiger partial charge is 0.338 e. The molecule has 0 spiro atoms. The summed E-state index contributed by atoms with van der Waals surface area (Å²) in [5.41, 5.74) is 0.979. The van der Waals surface area contributed by atoms with Crippen molar-refractivity contribution in [2.45, 2.75) is 26.8 Å². The highest BCUT2D eigenvalue weighted by atomic mass is 35.5. The third kappa shape index (κ3) is 5.17. The fraction of sp³-hybridized carbons (Fsp3) is 0.172. The maximum absolute atomic E-state index is 13.8. The molecule has 1 atom stereocenters. The average Bonchev–Trinajstić information content (AvgIpc) is 3.52. The summed E-state index contributed by atoms with van der Waals surface area (Å²) in [5.74, 6) is -1.19. The van der Waals surface area contributed by atoms with Gasteiger partial charge in [0.15, 0.2) is 4.80 Å². The maximum Gasteiger partial charge on any atom is 0.338 e. The number of carboxylic acid groups (broad SMARTS) is 1. The van der Waals surface area contributed by atoms with E-state index in [2.05, 4.69) is 4.99 Å². The molecule has 0 saturated carbocycles. The Bertz CT molecular complexity index is 2000. The second-order valence-corrected chi connectivity index (χ2v) is 10.7. The van der Waals surface area contributed by atoms with E-state index in [1.165, 1.54) is 28.8 Å². The van der Waals surface area contributed by atoms with Gasteiger partial charge in [-0.3, -0.25) is 19.5 Å². The van der Waals surface area contributed by atoms with Gasteiger partial charge in [-0.05, 0) is 56.7 Å². The van der Waals surface area contributed by atoms with Crippen LogP contribution in [0.4, 0.5) is 5.69 Å². The van der Waals surface area contributed by atoms with Crippen molar-refractivity contribution < 1.29 is 28.8 Å². The predicted molar refractivity (Wildman–Crippen MR) is 154 cm³/mol. The van der Waals surface area contributed by atoms with Gasteiger partial charge in [-0.2, -0.15) is 0 Å². The number of nitrogens with zero attached hydrogens (tertiary/aromatic N) is 3. The Morgan fingerprint density at radius 1 is 1.21 bits per heavy atom. The second-order valence-electron chi connectivity index (χ2n) is 9.31. The summed E-state index contributed by atoms with van der Waals surface area (Å²) < 4.78 is 12.7. The van der Waals surface area contributed by atoms with Crippen LogP contribution in [0, 0.1) is 17.0 Å². The Morgan fingerprint density at radius 2 is 1.98 bits per heavy atom. The predicted octanol–water partition coefficient (Wildman–Crippen LogP) is 4.63. The summed E-state index contributed by atoms with van der Waals surface area (Å²) in [6.07, 6.45) is 1.51. The number of carbonyl (C=O) groups is 2. The minimum absolute atomic E-state index is 0.0791. The highest BCUT2D eigenvalue weighted by Gasteiger charge is 2.34. The summed E-state index contributed by atoms with van der Waals surface area (Å²) >= 11 is 7.04. The average molecular weight is 608 g/mol. The molecule has 1 aliphatic rings. The molecule has 0 saturated heterocycles. The topological polar surface area (TPSA) is 154 Å². The Labute approximate surface area is 246 Å². The fourth-order valence-electron chi connectivity index (χ4n) is 4.66. The number of halogens is 1. The van der Waals surface area contributed by atoms with E-state index in [9.17, 15) is 29.6 Å². The third-order valence-electron chi connectivity index (χ3n) is 6.64. The molecule has 4 aromatic rings. The van der Waals surface area contributed by atoms with Crippen molar-refractivity contribution >= 4 is 46.6 Å². The summed E-state index contributed by atoms with van der Waals surface area (Å²) in [5, 5.41) is 21.2. The number of aromatic carboxylic acids is 1. The Kier molecular flexibility index (Phi) is 7.67. The van der Waals surface area contributed by atoms with Crippen LogP contribution in [0.5, 0.6) is 0 Å². The number of carbonyl (C=O) groups excluding carboxylic acids is 1. The van der Waals surface area contributed by atoms with E-state index in [1.807, 2.05) is 0 Å². The van der Waals surface area contributed by atoms with Crippen molar-refractivity contribution in [2.75, 3.05) is 6.61 Å². The van der Waals surface area contributed by atoms with Crippen LogP contribution in [0.3, 0.4) is 0 Å². The number of thiazole rings is 1. The van der Waals surface area contributed by atoms with Crippen molar-refractivity contribution in [3.05, 3.63) is 117 Å². The Hall–Kier alpha value is -4.81. The number of hydrogen-bond donors (Lipinski definition) is 1. The lowest BCUT2D eigenvalue weighted by Crippen LogP contribution is -2.40. The number of allylic oxidation sites excluding steroid dienone is 1. The first-order chi connectivity index (χ1) is 20.0. The van der Waals surface area contributed by atoms with Crippen LogP contribution in [0.2, 0.25) is 5.02 Å². The van der Waals surface area contributed by atoms with E-state index < -0.39 is 28.5 Å². The van der Waals surface area contributed by atoms with E-state index in [-0.39, 0.29) is 33.0 Å². The van der Waals surface area contributed by atoms with E-state index in [0.717, 1.165) is 11.3 Å². The minimum atomic E-state index is -1.18. The van der Waals surface area contributed by atoms with Crippen molar-refractivity contribution in [2.24, 2.45) is 4.99 Å². The molecule has 2 aromatic carbocycles. The SMILES string of the molecule is CCOC(=O)C1=C(C)N=c2s/c(=C/c3ccc(-c4ccc(Cl)c(C(=O)O)c4)o3)c(=O)n2[C@@H]1c1ccc(C)c([N+](=O)[O-])c1. The number of carboxylic acids is 1. The third-order valence-corrected chi connectivity index (χ3v) is 7.96. The van der Waals surface area contributed by atoms with Gasteiger partial charge in [0.25, 0.3) is 11.2 Å². The first kappa shape index (κ1) is 28.7. The zero-order valence-electron chi connectivity index (χ0n) is 22.4. The van der Waals surface area contributed by atoms with E-state index in [4.69, 9.17) is 20.8 Å². The number of furan rings is 1. The molecule has 1 aliphatic heterocycles. The molecule has 11 nitrogen and oxygen atoms in total. The van der Waals surface area contributed by atoms with E-state index in [1.54, 1.807) is 51.1 Å². The molecule has 1 N–H and O–H groups in total. The number of ether oxygens (including phenoxy) is 1. The number of rotatable bonds is 7. The molecular weight excluding hydrogens is 586 g/mol. The number of aromatic nitrogens is 1. The van der Waals surface area contributed by atoms with Crippen LogP contribution in [-0.2, 0) is 9.53 Å². The van der Waals surface area contributed by atoms with Crippen LogP contribution < -0.4 is 14.9 Å². The monoisotopic (exact) mass is 607 g/mol. The fourth-order valence-corrected chi connectivity index (χ4v) is 5.88. The molecule has 0 bridgehead atoms. The van der Waals surface area contributed by atoms with Gasteiger partial charge in [-0.25, -0.2) is 14.6 Å². The summed E-state index contributed by atoms with van der Waals surface area (Å²) in [4.78, 5) is 54.3. The van der Waals surface area contributed by atoms with Gasteiger partial charge >= 0.3 is 11.9 Å². The highest BCUT2D eigenvalue weighted by Crippen LogP contribution is 2.33. The van der Waals surface area contributed by atoms with Gasteiger partial charge in [-0.1, -0.05) is 35.1 Å². The molecule has 0 unspecified atom stereocenters. The summed E-state index contributed by atoms with van der Waals surface area (Å²) in [6, 6.07) is 11.3. The quantitative estimate of drug-likeness (QED) is 0.181. The number of fused-ring (bicyclic) bond motifs is 1. The van der Waals surface area contributed by atoms with Gasteiger partial charge in [0.05, 0.1) is 44.0 Å². The molecule has 42 heavy (non-hydrogen) atoms. The largest absolute Gasteiger partial charge is 0.478 e.